The predicted octanol–water partition coefficient (Wildman–Crippen LogP) is 10.1. The highest BCUT2D eigenvalue weighted by Crippen LogP contribution is 2.44. The monoisotopic (exact) mass is 578 g/mol. The third-order valence-corrected chi connectivity index (χ3v) is 8.18. The van der Waals surface area contributed by atoms with E-state index in [2.05, 4.69) is 108 Å². The maximum absolute atomic E-state index is 7.50. The molecule has 4 heteroatoms. The van der Waals surface area contributed by atoms with Gasteiger partial charge in [0.15, 0.2) is 0 Å². The van der Waals surface area contributed by atoms with Crippen molar-refractivity contribution >= 4 is 55.0 Å². The Morgan fingerprint density at radius 1 is 0.489 bits per heavy atom. The molecular weight excluding hydrogens is 548 g/mol. The van der Waals surface area contributed by atoms with Crippen LogP contribution in [0.3, 0.4) is 0 Å². The van der Waals surface area contributed by atoms with Gasteiger partial charge in [0.05, 0.1) is 11.4 Å². The van der Waals surface area contributed by atoms with Gasteiger partial charge in [-0.1, -0.05) is 109 Å². The molecule has 4 N–H and O–H groups in total. The second-order valence-corrected chi connectivity index (χ2v) is 11.0. The number of hydrogen-bond donors (Lipinski definition) is 3. The van der Waals surface area contributed by atoms with E-state index in [-0.39, 0.29) is 11.4 Å². The van der Waals surface area contributed by atoms with Crippen LogP contribution in [0.1, 0.15) is 5.56 Å². The lowest BCUT2D eigenvalue weighted by Crippen LogP contribution is -2.09. The minimum Gasteiger partial charge on any atom is -0.399 e. The summed E-state index contributed by atoms with van der Waals surface area (Å²) in [5, 5.41) is 22.5. The van der Waals surface area contributed by atoms with Gasteiger partial charge in [0.2, 0.25) is 0 Å². The van der Waals surface area contributed by atoms with Gasteiger partial charge in [-0.3, -0.25) is 15.8 Å². The first-order chi connectivity index (χ1) is 22.1. The van der Waals surface area contributed by atoms with Crippen molar-refractivity contribution in [2.45, 2.75) is 0 Å². The first kappa shape index (κ1) is 27.7. The number of aromatic nitrogens is 1. The van der Waals surface area contributed by atoms with Crippen LogP contribution in [0.2, 0.25) is 0 Å². The van der Waals surface area contributed by atoms with E-state index in [0.29, 0.717) is 0 Å². The lowest BCUT2D eigenvalue weighted by molar-refractivity contribution is 1.31. The van der Waals surface area contributed by atoms with E-state index in [1.165, 1.54) is 54.6 Å². The van der Waals surface area contributed by atoms with E-state index >= 15 is 0 Å². The van der Waals surface area contributed by atoms with E-state index in [0.717, 1.165) is 16.8 Å². The first-order valence-electron chi connectivity index (χ1n) is 14.8. The Morgan fingerprint density at radius 3 is 1.67 bits per heavy atom. The van der Waals surface area contributed by atoms with Crippen LogP contribution in [-0.4, -0.2) is 16.4 Å². The minimum absolute atomic E-state index is 0.242. The van der Waals surface area contributed by atoms with Gasteiger partial charge in [-0.05, 0) is 96.6 Å². The summed E-state index contributed by atoms with van der Waals surface area (Å²) in [4.78, 5) is 4.01. The molecule has 45 heavy (non-hydrogen) atoms. The minimum atomic E-state index is 0.242. The third kappa shape index (κ3) is 5.41. The van der Waals surface area contributed by atoms with E-state index in [4.69, 9.17) is 16.6 Å². The molecule has 0 saturated carbocycles. The number of nitrogen functional groups attached to an aromatic ring is 1. The molecule has 7 aromatic rings. The van der Waals surface area contributed by atoms with Gasteiger partial charge in [-0.25, -0.2) is 0 Å². The molecule has 6 aromatic carbocycles. The number of hydrogen-bond acceptors (Lipinski definition) is 4. The Hall–Kier alpha value is -6.13. The quantitative estimate of drug-likeness (QED) is 0.111. The molecule has 8 rings (SSSR count). The molecule has 214 valence electrons. The summed E-state index contributed by atoms with van der Waals surface area (Å²) in [7, 11) is 0. The largest absolute Gasteiger partial charge is 0.399 e. The second kappa shape index (κ2) is 11.9. The molecular formula is C41H30N4. The Labute approximate surface area is 261 Å². The zero-order valence-electron chi connectivity index (χ0n) is 24.5. The van der Waals surface area contributed by atoms with Crippen LogP contribution in [0, 0.1) is 10.8 Å². The molecule has 0 aliphatic heterocycles. The summed E-state index contributed by atoms with van der Waals surface area (Å²) >= 11 is 0. The summed E-state index contributed by atoms with van der Waals surface area (Å²) in [5.41, 5.74) is 14.1. The molecule has 0 fully saturated rings. The predicted molar refractivity (Wildman–Crippen MR) is 191 cm³/mol. The second-order valence-electron chi connectivity index (χ2n) is 11.0. The SMILES string of the molecule is N=C1C=CC(c2cccnc2)=CC1=N.Nc1ccc(-c2c3ccccc3c(-c3ccc4ccccc4c3)c3ccccc23)cc1. The molecule has 0 saturated heterocycles. The van der Waals surface area contributed by atoms with Crippen LogP contribution < -0.4 is 5.73 Å². The van der Waals surface area contributed by atoms with E-state index in [1.807, 2.05) is 30.3 Å². The summed E-state index contributed by atoms with van der Waals surface area (Å²) < 4.78 is 0. The summed E-state index contributed by atoms with van der Waals surface area (Å²) in [6.07, 6.45) is 8.60. The molecule has 0 amide bonds. The number of rotatable bonds is 3. The number of benzene rings is 6. The lowest BCUT2D eigenvalue weighted by atomic mass is 9.85. The third-order valence-electron chi connectivity index (χ3n) is 8.18. The van der Waals surface area contributed by atoms with Crippen molar-refractivity contribution in [2.75, 3.05) is 5.73 Å². The topological polar surface area (TPSA) is 86.6 Å². The number of nitrogens with zero attached hydrogens (tertiary/aromatic N) is 1. The average molecular weight is 579 g/mol. The molecule has 0 spiro atoms. The fourth-order valence-corrected chi connectivity index (χ4v) is 6.00. The van der Waals surface area contributed by atoms with Crippen LogP contribution in [0.4, 0.5) is 5.69 Å². The maximum Gasteiger partial charge on any atom is 0.0795 e. The zero-order valence-corrected chi connectivity index (χ0v) is 24.5. The standard InChI is InChI=1S/C30H21N.C11H9N3/c31-24-17-15-21(16-18-24)29-25-9-3-5-11-27(25)30(28-12-6-4-10-26(28)29)23-14-13-20-7-1-2-8-22(20)19-23;12-10-4-3-8(6-11(10)13)9-2-1-5-14-7-9/h1-19H,31H2;1-7,12-13H. The molecule has 1 heterocycles. The summed E-state index contributed by atoms with van der Waals surface area (Å²) in [6.45, 7) is 0. The number of pyridine rings is 1. The molecule has 0 radical (unpaired) electrons. The van der Waals surface area contributed by atoms with Crippen LogP contribution >= 0.6 is 0 Å². The van der Waals surface area contributed by atoms with Crippen molar-refractivity contribution in [3.05, 3.63) is 164 Å². The number of anilines is 1. The van der Waals surface area contributed by atoms with E-state index in [1.54, 1.807) is 24.5 Å². The van der Waals surface area contributed by atoms with Crippen molar-refractivity contribution in [1.82, 2.24) is 4.98 Å². The van der Waals surface area contributed by atoms with Crippen molar-refractivity contribution in [3.8, 4) is 22.3 Å². The Balaban J connectivity index is 0.000000195. The molecule has 0 unspecified atom stereocenters. The number of nitrogens with one attached hydrogen (secondary N) is 2. The number of nitrogens with two attached hydrogens (primary N) is 1. The molecule has 4 nitrogen and oxygen atoms in total. The Morgan fingerprint density at radius 2 is 1.07 bits per heavy atom. The van der Waals surface area contributed by atoms with Crippen molar-refractivity contribution in [3.63, 3.8) is 0 Å². The van der Waals surface area contributed by atoms with Gasteiger partial charge in [-0.2, -0.15) is 0 Å². The van der Waals surface area contributed by atoms with Gasteiger partial charge in [0, 0.05) is 23.6 Å². The maximum atomic E-state index is 7.50. The van der Waals surface area contributed by atoms with Crippen molar-refractivity contribution in [1.29, 1.82) is 10.8 Å². The lowest BCUT2D eigenvalue weighted by Gasteiger charge is -2.18. The van der Waals surface area contributed by atoms with Crippen LogP contribution in [0.5, 0.6) is 0 Å². The first-order valence-corrected chi connectivity index (χ1v) is 14.8. The fraction of sp³-hybridized carbons (Fsp3) is 0. The van der Waals surface area contributed by atoms with Gasteiger partial charge in [-0.15, -0.1) is 0 Å². The number of fused-ring (bicyclic) bond motifs is 3. The highest BCUT2D eigenvalue weighted by molar-refractivity contribution is 6.50. The number of allylic oxidation sites excluding steroid dienone is 4. The zero-order chi connectivity index (χ0) is 30.8. The van der Waals surface area contributed by atoms with Crippen LogP contribution in [0.25, 0.3) is 60.1 Å². The van der Waals surface area contributed by atoms with Gasteiger partial charge in [0.25, 0.3) is 0 Å². The molecule has 0 atom stereocenters. The summed E-state index contributed by atoms with van der Waals surface area (Å²) in [5.74, 6) is 0. The molecule has 1 aromatic heterocycles. The summed E-state index contributed by atoms with van der Waals surface area (Å²) in [6, 6.07) is 44.8. The Kier molecular flexibility index (Phi) is 7.30. The molecule has 1 aliphatic carbocycles. The van der Waals surface area contributed by atoms with Crippen LogP contribution in [0.15, 0.2) is 158 Å². The highest BCUT2D eigenvalue weighted by Gasteiger charge is 2.16. The van der Waals surface area contributed by atoms with Gasteiger partial charge >= 0.3 is 0 Å². The average Bonchev–Trinajstić information content (AvgIpc) is 3.09. The van der Waals surface area contributed by atoms with Crippen molar-refractivity contribution in [2.24, 2.45) is 0 Å². The van der Waals surface area contributed by atoms with Crippen LogP contribution in [-0.2, 0) is 0 Å². The Bertz CT molecular complexity index is 2240. The smallest absolute Gasteiger partial charge is 0.0795 e. The molecule has 0 bridgehead atoms. The van der Waals surface area contributed by atoms with Gasteiger partial charge in [0.1, 0.15) is 0 Å². The molecule has 1 aliphatic rings. The van der Waals surface area contributed by atoms with Crippen molar-refractivity contribution < 1.29 is 0 Å². The normalized spacial score (nSPS) is 12.7. The highest BCUT2D eigenvalue weighted by atomic mass is 14.6. The fourth-order valence-electron chi connectivity index (χ4n) is 6.00. The van der Waals surface area contributed by atoms with Gasteiger partial charge < -0.3 is 5.73 Å². The van der Waals surface area contributed by atoms with E-state index in [9.17, 15) is 0 Å². The van der Waals surface area contributed by atoms with E-state index < -0.39 is 0 Å².